The Labute approximate surface area is 230 Å². The second kappa shape index (κ2) is 10.4. The third-order valence-electron chi connectivity index (χ3n) is 8.27. The van der Waals surface area contributed by atoms with Crippen LogP contribution in [-0.2, 0) is 13.1 Å². The number of hydrogen-bond acceptors (Lipinski definition) is 4. The van der Waals surface area contributed by atoms with Crippen molar-refractivity contribution in [3.8, 4) is 0 Å². The molecule has 0 aliphatic rings. The standard InChI is InChI=1S/C30H38N2S4/c1-5-9-11-19(7-3)17-31-21-13-15-33-25(21)27-23(31)29-30(35-27)24-28(36-29)26-22(14-16-34-26)32(24)18-20(8-4)12-10-6-2/h13-16,19-20H,5-12,17-18H2,1-4H3. The van der Waals surface area contributed by atoms with E-state index in [9.17, 15) is 0 Å². The molecule has 0 aliphatic carbocycles. The maximum Gasteiger partial charge on any atom is 0.0792 e. The zero-order valence-electron chi connectivity index (χ0n) is 22.1. The van der Waals surface area contributed by atoms with Gasteiger partial charge in [-0.3, -0.25) is 0 Å². The van der Waals surface area contributed by atoms with E-state index in [2.05, 4.69) is 82.4 Å². The third-order valence-corrected chi connectivity index (χ3v) is 12.9. The second-order valence-electron chi connectivity index (χ2n) is 10.5. The van der Waals surface area contributed by atoms with Crippen LogP contribution in [-0.4, -0.2) is 9.13 Å². The van der Waals surface area contributed by atoms with Crippen molar-refractivity contribution in [2.45, 2.75) is 92.2 Å². The van der Waals surface area contributed by atoms with Gasteiger partial charge in [-0.2, -0.15) is 0 Å². The molecule has 2 unspecified atom stereocenters. The molecule has 0 saturated heterocycles. The van der Waals surface area contributed by atoms with Crippen LogP contribution in [0, 0.1) is 11.8 Å². The molecule has 0 aromatic carbocycles. The van der Waals surface area contributed by atoms with Gasteiger partial charge in [0.1, 0.15) is 0 Å². The Hall–Kier alpha value is -1.34. The quantitative estimate of drug-likeness (QED) is 0.142. The lowest BCUT2D eigenvalue weighted by atomic mass is 9.99. The summed E-state index contributed by atoms with van der Waals surface area (Å²) in [5.41, 5.74) is 5.99. The molecule has 0 amide bonds. The summed E-state index contributed by atoms with van der Waals surface area (Å²) in [4.78, 5) is 0. The van der Waals surface area contributed by atoms with E-state index in [1.54, 1.807) is 9.40 Å². The van der Waals surface area contributed by atoms with Crippen LogP contribution in [0.2, 0.25) is 0 Å². The van der Waals surface area contributed by atoms with Crippen molar-refractivity contribution in [3.05, 3.63) is 22.9 Å². The SMILES string of the molecule is CCCCC(CC)Cn1c2ccsc2c2sc3c(sc4c5sccc5n(CC(CC)CCCC)c43)c21. The highest BCUT2D eigenvalue weighted by atomic mass is 32.1. The molecular formula is C30H38N2S4. The predicted octanol–water partition coefficient (Wildman–Crippen LogP) is 11.7. The molecule has 0 bridgehead atoms. The van der Waals surface area contributed by atoms with Gasteiger partial charge < -0.3 is 9.13 Å². The minimum Gasteiger partial charge on any atom is -0.338 e. The molecule has 6 rings (SSSR count). The molecule has 0 saturated carbocycles. The van der Waals surface area contributed by atoms with Gasteiger partial charge in [0.2, 0.25) is 0 Å². The Balaban J connectivity index is 1.55. The summed E-state index contributed by atoms with van der Waals surface area (Å²) in [5.74, 6) is 1.52. The van der Waals surface area contributed by atoms with Crippen molar-refractivity contribution in [2.24, 2.45) is 11.8 Å². The number of thiophene rings is 4. The summed E-state index contributed by atoms with van der Waals surface area (Å²) in [7, 11) is 0. The molecule has 6 aromatic heterocycles. The van der Waals surface area contributed by atoms with Crippen LogP contribution in [0.15, 0.2) is 22.9 Å². The van der Waals surface area contributed by atoms with Crippen molar-refractivity contribution in [2.75, 3.05) is 0 Å². The van der Waals surface area contributed by atoms with Gasteiger partial charge in [-0.1, -0.05) is 66.2 Å². The summed E-state index contributed by atoms with van der Waals surface area (Å²) in [6, 6.07) is 4.74. The van der Waals surface area contributed by atoms with Gasteiger partial charge >= 0.3 is 0 Å². The summed E-state index contributed by atoms with van der Waals surface area (Å²) >= 11 is 8.02. The first kappa shape index (κ1) is 25.0. The van der Waals surface area contributed by atoms with Crippen LogP contribution >= 0.6 is 45.3 Å². The van der Waals surface area contributed by atoms with Crippen molar-refractivity contribution >= 4 is 95.6 Å². The first-order valence-electron chi connectivity index (χ1n) is 14.0. The van der Waals surface area contributed by atoms with Crippen LogP contribution in [0.4, 0.5) is 0 Å². The lowest BCUT2D eigenvalue weighted by Crippen LogP contribution is -2.10. The Morgan fingerprint density at radius 1 is 0.611 bits per heavy atom. The minimum absolute atomic E-state index is 0.759. The molecule has 0 fully saturated rings. The van der Waals surface area contributed by atoms with Gasteiger partial charge in [0.15, 0.2) is 0 Å². The summed E-state index contributed by atoms with van der Waals surface area (Å²) in [6.45, 7) is 11.7. The Bertz CT molecular complexity index is 1490. The second-order valence-corrected chi connectivity index (χ2v) is 14.4. The van der Waals surface area contributed by atoms with E-state index in [0.717, 1.165) is 24.9 Å². The van der Waals surface area contributed by atoms with E-state index < -0.39 is 0 Å². The van der Waals surface area contributed by atoms with E-state index in [1.807, 2.05) is 22.7 Å². The zero-order valence-corrected chi connectivity index (χ0v) is 25.3. The van der Waals surface area contributed by atoms with Gasteiger partial charge in [-0.25, -0.2) is 0 Å². The summed E-state index contributed by atoms with van der Waals surface area (Å²) < 4.78 is 14.6. The number of unbranched alkanes of at least 4 members (excludes halogenated alkanes) is 2. The molecule has 0 spiro atoms. The fraction of sp³-hybridized carbons (Fsp3) is 0.533. The van der Waals surface area contributed by atoms with Crippen molar-refractivity contribution in [3.63, 3.8) is 0 Å². The Morgan fingerprint density at radius 2 is 1.03 bits per heavy atom. The van der Waals surface area contributed by atoms with Crippen molar-refractivity contribution in [1.82, 2.24) is 9.13 Å². The smallest absolute Gasteiger partial charge is 0.0792 e. The molecule has 2 nitrogen and oxygen atoms in total. The average molecular weight is 555 g/mol. The highest BCUT2D eigenvalue weighted by molar-refractivity contribution is 7.39. The fourth-order valence-electron chi connectivity index (χ4n) is 6.05. The molecule has 2 atom stereocenters. The molecule has 6 heteroatoms. The lowest BCUT2D eigenvalue weighted by Gasteiger charge is -2.17. The van der Waals surface area contributed by atoms with E-state index in [-0.39, 0.29) is 0 Å². The van der Waals surface area contributed by atoms with E-state index >= 15 is 0 Å². The maximum absolute atomic E-state index is 2.71. The number of rotatable bonds is 12. The van der Waals surface area contributed by atoms with Gasteiger partial charge in [0, 0.05) is 13.1 Å². The van der Waals surface area contributed by atoms with Crippen molar-refractivity contribution in [1.29, 1.82) is 0 Å². The topological polar surface area (TPSA) is 9.86 Å². The average Bonchev–Trinajstić information content (AvgIpc) is 3.70. The highest BCUT2D eigenvalue weighted by Gasteiger charge is 2.26. The van der Waals surface area contributed by atoms with Gasteiger partial charge in [0.25, 0.3) is 0 Å². The minimum atomic E-state index is 0.759. The van der Waals surface area contributed by atoms with E-state index in [4.69, 9.17) is 0 Å². The number of aromatic nitrogens is 2. The normalized spacial score (nSPS) is 14.4. The lowest BCUT2D eigenvalue weighted by molar-refractivity contribution is 0.401. The van der Waals surface area contributed by atoms with Gasteiger partial charge in [-0.05, 0) is 47.6 Å². The van der Waals surface area contributed by atoms with Gasteiger partial charge in [-0.15, -0.1) is 45.3 Å². The molecule has 0 N–H and O–H groups in total. The Kier molecular flexibility index (Phi) is 7.24. The molecular weight excluding hydrogens is 517 g/mol. The number of hydrogen-bond donors (Lipinski definition) is 0. The van der Waals surface area contributed by atoms with E-state index in [0.29, 0.717) is 0 Å². The van der Waals surface area contributed by atoms with Crippen LogP contribution < -0.4 is 0 Å². The van der Waals surface area contributed by atoms with Crippen LogP contribution in [0.5, 0.6) is 0 Å². The monoisotopic (exact) mass is 554 g/mol. The highest BCUT2D eigenvalue weighted by Crippen LogP contribution is 2.52. The summed E-state index contributed by atoms with van der Waals surface area (Å²) in [5, 5.41) is 4.60. The van der Waals surface area contributed by atoms with E-state index in [1.165, 1.54) is 92.2 Å². The molecule has 192 valence electrons. The van der Waals surface area contributed by atoms with Gasteiger partial charge in [0.05, 0.1) is 50.3 Å². The summed E-state index contributed by atoms with van der Waals surface area (Å²) in [6.07, 6.45) is 10.5. The Morgan fingerprint density at radius 3 is 1.42 bits per heavy atom. The predicted molar refractivity (Wildman–Crippen MR) is 168 cm³/mol. The third kappa shape index (κ3) is 3.98. The van der Waals surface area contributed by atoms with Crippen LogP contribution in [0.25, 0.3) is 50.3 Å². The van der Waals surface area contributed by atoms with Crippen LogP contribution in [0.3, 0.4) is 0 Å². The number of fused-ring (bicyclic) bond motifs is 9. The largest absolute Gasteiger partial charge is 0.338 e. The molecule has 6 heterocycles. The molecule has 36 heavy (non-hydrogen) atoms. The first-order valence-corrected chi connectivity index (χ1v) is 17.4. The van der Waals surface area contributed by atoms with Crippen LogP contribution in [0.1, 0.15) is 79.1 Å². The molecule has 0 radical (unpaired) electrons. The van der Waals surface area contributed by atoms with Crippen molar-refractivity contribution < 1.29 is 0 Å². The molecule has 6 aromatic rings. The maximum atomic E-state index is 2.71. The fourth-order valence-corrected chi connectivity index (χ4v) is 11.1. The zero-order chi connectivity index (χ0) is 24.8. The number of nitrogens with zero attached hydrogens (tertiary/aromatic N) is 2. The first-order chi connectivity index (χ1) is 17.7. The molecule has 0 aliphatic heterocycles.